The lowest BCUT2D eigenvalue weighted by Gasteiger charge is -2.24. The van der Waals surface area contributed by atoms with Crippen LogP contribution in [0.5, 0.6) is 5.88 Å². The number of anilines is 1. The molecule has 4 heteroatoms. The molecule has 4 nitrogen and oxygen atoms in total. The number of methoxy groups -OCH3 is 1. The number of ether oxygens (including phenoxy) is 1. The van der Waals surface area contributed by atoms with Crippen molar-refractivity contribution in [1.29, 1.82) is 0 Å². The summed E-state index contributed by atoms with van der Waals surface area (Å²) in [6.45, 7) is 3.36. The molecule has 2 aliphatic heterocycles. The zero-order valence-electron chi connectivity index (χ0n) is 10.2. The van der Waals surface area contributed by atoms with Crippen molar-refractivity contribution >= 4 is 5.82 Å². The topological polar surface area (TPSA) is 37.4 Å². The van der Waals surface area contributed by atoms with Crippen molar-refractivity contribution in [2.24, 2.45) is 5.92 Å². The van der Waals surface area contributed by atoms with Gasteiger partial charge >= 0.3 is 0 Å². The maximum absolute atomic E-state index is 5.18. The van der Waals surface area contributed by atoms with Crippen LogP contribution < -0.4 is 15.0 Å². The number of hydrogen-bond acceptors (Lipinski definition) is 4. The molecule has 0 aromatic carbocycles. The fourth-order valence-electron chi connectivity index (χ4n) is 2.93. The van der Waals surface area contributed by atoms with Crippen molar-refractivity contribution in [3.05, 3.63) is 18.2 Å². The first-order valence-electron chi connectivity index (χ1n) is 6.36. The van der Waals surface area contributed by atoms with Crippen LogP contribution in [-0.4, -0.2) is 37.8 Å². The van der Waals surface area contributed by atoms with Gasteiger partial charge in [0.1, 0.15) is 5.82 Å². The molecule has 92 valence electrons. The SMILES string of the molecule is COc1cccc(N2CC3CCCNC3C2)n1. The molecule has 17 heavy (non-hydrogen) atoms. The van der Waals surface area contributed by atoms with Crippen molar-refractivity contribution in [2.45, 2.75) is 18.9 Å². The Balaban J connectivity index is 1.76. The summed E-state index contributed by atoms with van der Waals surface area (Å²) in [6.07, 6.45) is 2.65. The Morgan fingerprint density at radius 1 is 1.41 bits per heavy atom. The van der Waals surface area contributed by atoms with E-state index in [9.17, 15) is 0 Å². The van der Waals surface area contributed by atoms with E-state index in [1.165, 1.54) is 19.4 Å². The number of nitrogens with zero attached hydrogens (tertiary/aromatic N) is 2. The van der Waals surface area contributed by atoms with E-state index in [1.807, 2.05) is 12.1 Å². The van der Waals surface area contributed by atoms with Gasteiger partial charge in [0, 0.05) is 25.2 Å². The maximum Gasteiger partial charge on any atom is 0.214 e. The number of pyridine rings is 1. The van der Waals surface area contributed by atoms with E-state index in [4.69, 9.17) is 4.74 Å². The zero-order valence-corrected chi connectivity index (χ0v) is 10.2. The standard InChI is InChI=1S/C13H19N3O/c1-17-13-6-2-5-12(15-13)16-8-10-4-3-7-14-11(10)9-16/h2,5-6,10-11,14H,3-4,7-9H2,1H3. The van der Waals surface area contributed by atoms with Crippen LogP contribution in [-0.2, 0) is 0 Å². The summed E-state index contributed by atoms with van der Waals surface area (Å²) in [5, 5.41) is 3.61. The molecule has 0 aliphatic carbocycles. The van der Waals surface area contributed by atoms with Gasteiger partial charge in [-0.3, -0.25) is 0 Å². The summed E-state index contributed by atoms with van der Waals surface area (Å²) in [5.74, 6) is 2.53. The van der Waals surface area contributed by atoms with Crippen molar-refractivity contribution in [1.82, 2.24) is 10.3 Å². The first kappa shape index (κ1) is 10.8. The van der Waals surface area contributed by atoms with Crippen LogP contribution in [0.2, 0.25) is 0 Å². The summed E-state index contributed by atoms with van der Waals surface area (Å²) in [4.78, 5) is 6.88. The van der Waals surface area contributed by atoms with E-state index in [0.29, 0.717) is 11.9 Å². The average Bonchev–Trinajstić information content (AvgIpc) is 2.82. The summed E-state index contributed by atoms with van der Waals surface area (Å²) >= 11 is 0. The second-order valence-corrected chi connectivity index (χ2v) is 4.91. The summed E-state index contributed by atoms with van der Waals surface area (Å²) in [5.41, 5.74) is 0. The van der Waals surface area contributed by atoms with Gasteiger partial charge in [-0.2, -0.15) is 4.98 Å². The molecule has 2 saturated heterocycles. The number of hydrogen-bond donors (Lipinski definition) is 1. The highest BCUT2D eigenvalue weighted by atomic mass is 16.5. The second-order valence-electron chi connectivity index (χ2n) is 4.91. The molecule has 0 spiro atoms. The lowest BCUT2D eigenvalue weighted by molar-refractivity contribution is 0.340. The first-order valence-corrected chi connectivity index (χ1v) is 6.36. The van der Waals surface area contributed by atoms with Gasteiger partial charge in [0.15, 0.2) is 0 Å². The normalized spacial score (nSPS) is 27.9. The van der Waals surface area contributed by atoms with Crippen LogP contribution in [0.25, 0.3) is 0 Å². The third kappa shape index (κ3) is 2.09. The van der Waals surface area contributed by atoms with Crippen LogP contribution >= 0.6 is 0 Å². The highest BCUT2D eigenvalue weighted by Gasteiger charge is 2.34. The van der Waals surface area contributed by atoms with E-state index < -0.39 is 0 Å². The summed E-state index contributed by atoms with van der Waals surface area (Å²) in [6, 6.07) is 6.62. The smallest absolute Gasteiger partial charge is 0.214 e. The molecule has 0 saturated carbocycles. The van der Waals surface area contributed by atoms with E-state index in [2.05, 4.69) is 21.3 Å². The molecular weight excluding hydrogens is 214 g/mol. The number of fused-ring (bicyclic) bond motifs is 1. The Labute approximate surface area is 102 Å². The van der Waals surface area contributed by atoms with E-state index in [-0.39, 0.29) is 0 Å². The minimum absolute atomic E-state index is 0.650. The molecule has 1 aromatic heterocycles. The molecule has 1 aromatic rings. The van der Waals surface area contributed by atoms with E-state index in [1.54, 1.807) is 7.11 Å². The Kier molecular flexibility index (Phi) is 2.89. The molecule has 2 aliphatic rings. The predicted molar refractivity (Wildman–Crippen MR) is 67.5 cm³/mol. The number of aromatic nitrogens is 1. The third-order valence-electron chi connectivity index (χ3n) is 3.84. The van der Waals surface area contributed by atoms with Gasteiger partial charge < -0.3 is 15.0 Å². The Morgan fingerprint density at radius 2 is 2.35 bits per heavy atom. The molecule has 0 amide bonds. The van der Waals surface area contributed by atoms with Crippen LogP contribution in [0.4, 0.5) is 5.82 Å². The Morgan fingerprint density at radius 3 is 3.18 bits per heavy atom. The van der Waals surface area contributed by atoms with Gasteiger partial charge in [-0.15, -0.1) is 0 Å². The Bertz CT molecular complexity index is 382. The predicted octanol–water partition coefficient (Wildman–Crippen LogP) is 1.28. The zero-order chi connectivity index (χ0) is 11.7. The van der Waals surface area contributed by atoms with Crippen molar-refractivity contribution in [3.63, 3.8) is 0 Å². The molecule has 3 heterocycles. The first-order chi connectivity index (χ1) is 8.36. The molecule has 2 unspecified atom stereocenters. The number of rotatable bonds is 2. The fraction of sp³-hybridized carbons (Fsp3) is 0.615. The molecule has 2 fully saturated rings. The molecule has 0 bridgehead atoms. The number of piperidine rings is 1. The Hall–Kier alpha value is -1.29. The molecule has 0 radical (unpaired) electrons. The van der Waals surface area contributed by atoms with Gasteiger partial charge in [0.05, 0.1) is 7.11 Å². The van der Waals surface area contributed by atoms with Crippen LogP contribution in [0.1, 0.15) is 12.8 Å². The van der Waals surface area contributed by atoms with Crippen LogP contribution in [0.15, 0.2) is 18.2 Å². The minimum Gasteiger partial charge on any atom is -0.481 e. The highest BCUT2D eigenvalue weighted by Crippen LogP contribution is 2.28. The molecule has 3 rings (SSSR count). The van der Waals surface area contributed by atoms with Gasteiger partial charge in [-0.05, 0) is 31.4 Å². The maximum atomic E-state index is 5.18. The minimum atomic E-state index is 0.650. The largest absolute Gasteiger partial charge is 0.481 e. The van der Waals surface area contributed by atoms with E-state index >= 15 is 0 Å². The molecular formula is C13H19N3O. The van der Waals surface area contributed by atoms with Crippen molar-refractivity contribution < 1.29 is 4.74 Å². The van der Waals surface area contributed by atoms with E-state index in [0.717, 1.165) is 24.8 Å². The van der Waals surface area contributed by atoms with Crippen LogP contribution in [0, 0.1) is 5.92 Å². The number of nitrogens with one attached hydrogen (secondary N) is 1. The third-order valence-corrected chi connectivity index (χ3v) is 3.84. The monoisotopic (exact) mass is 233 g/mol. The van der Waals surface area contributed by atoms with Crippen LogP contribution in [0.3, 0.4) is 0 Å². The highest BCUT2D eigenvalue weighted by molar-refractivity contribution is 5.42. The van der Waals surface area contributed by atoms with Gasteiger partial charge in [-0.25, -0.2) is 0 Å². The molecule has 1 N–H and O–H groups in total. The van der Waals surface area contributed by atoms with Gasteiger partial charge in [-0.1, -0.05) is 6.07 Å². The summed E-state index contributed by atoms with van der Waals surface area (Å²) < 4.78 is 5.18. The van der Waals surface area contributed by atoms with Crippen molar-refractivity contribution in [2.75, 3.05) is 31.6 Å². The average molecular weight is 233 g/mol. The second kappa shape index (κ2) is 4.53. The van der Waals surface area contributed by atoms with Gasteiger partial charge in [0.2, 0.25) is 5.88 Å². The molecule has 2 atom stereocenters. The quantitative estimate of drug-likeness (QED) is 0.835. The van der Waals surface area contributed by atoms with Crippen molar-refractivity contribution in [3.8, 4) is 5.88 Å². The summed E-state index contributed by atoms with van der Waals surface area (Å²) in [7, 11) is 1.66. The van der Waals surface area contributed by atoms with Gasteiger partial charge in [0.25, 0.3) is 0 Å². The lowest BCUT2D eigenvalue weighted by Crippen LogP contribution is -2.40. The fourth-order valence-corrected chi connectivity index (χ4v) is 2.93. The lowest BCUT2D eigenvalue weighted by atomic mass is 9.94.